The predicted octanol–water partition coefficient (Wildman–Crippen LogP) is -1.56. The Labute approximate surface area is 65.6 Å². The second kappa shape index (κ2) is 3.49. The van der Waals surface area contributed by atoms with E-state index in [9.17, 15) is 10.2 Å². The lowest BCUT2D eigenvalue weighted by Crippen LogP contribution is -2.35. The van der Waals surface area contributed by atoms with Crippen LogP contribution < -0.4 is 5.73 Å². The molecule has 0 saturated heterocycles. The highest BCUT2D eigenvalue weighted by Gasteiger charge is 2.38. The van der Waals surface area contributed by atoms with Gasteiger partial charge in [0.1, 0.15) is 0 Å². The van der Waals surface area contributed by atoms with Crippen molar-refractivity contribution in [2.75, 3.05) is 6.61 Å². The van der Waals surface area contributed by atoms with Crippen LogP contribution in [0.5, 0.6) is 0 Å². The lowest BCUT2D eigenvalue weighted by molar-refractivity contribution is 0.0107. The molecule has 1 aliphatic rings. The number of hydrogen-bond acceptors (Lipinski definition) is 4. The zero-order valence-electron chi connectivity index (χ0n) is 6.35. The van der Waals surface area contributed by atoms with E-state index in [1.54, 1.807) is 0 Å². The smallest absolute Gasteiger partial charge is 0.0952 e. The van der Waals surface area contributed by atoms with E-state index in [0.29, 0.717) is 12.8 Å². The maximum absolute atomic E-state index is 9.32. The molecule has 5 N–H and O–H groups in total. The number of hydrogen-bond donors (Lipinski definition) is 4. The van der Waals surface area contributed by atoms with E-state index in [4.69, 9.17) is 10.8 Å². The molecule has 4 heteroatoms. The summed E-state index contributed by atoms with van der Waals surface area (Å²) in [4.78, 5) is 0. The molecule has 11 heavy (non-hydrogen) atoms. The van der Waals surface area contributed by atoms with Crippen molar-refractivity contribution in [1.82, 2.24) is 0 Å². The molecule has 0 radical (unpaired) electrons. The van der Waals surface area contributed by atoms with E-state index in [1.165, 1.54) is 0 Å². The molecule has 4 nitrogen and oxygen atoms in total. The summed E-state index contributed by atoms with van der Waals surface area (Å²) in [5, 5.41) is 27.1. The summed E-state index contributed by atoms with van der Waals surface area (Å²) in [6.07, 6.45) is -0.446. The third-order valence-electron chi connectivity index (χ3n) is 2.35. The van der Waals surface area contributed by atoms with Gasteiger partial charge in [-0.2, -0.15) is 0 Å². The molecule has 0 aliphatic heterocycles. The molecule has 0 bridgehead atoms. The van der Waals surface area contributed by atoms with E-state index in [2.05, 4.69) is 0 Å². The standard InChI is InChI=1S/C7H15NO3/c8-5-3-4(1-2-9)6(10)7(5)11/h4-7,9-11H,1-3,8H2/t4-,5+,6-,7-/m1/s1. The molecule has 66 valence electrons. The minimum Gasteiger partial charge on any atom is -0.396 e. The molecule has 0 heterocycles. The largest absolute Gasteiger partial charge is 0.396 e. The van der Waals surface area contributed by atoms with Gasteiger partial charge >= 0.3 is 0 Å². The SMILES string of the molecule is N[C@H]1C[C@@H](CCO)[C@@H](O)[C@@H]1O. The Morgan fingerprint density at radius 3 is 2.27 bits per heavy atom. The Kier molecular flexibility index (Phi) is 2.84. The molecule has 1 rings (SSSR count). The van der Waals surface area contributed by atoms with Crippen molar-refractivity contribution in [2.45, 2.75) is 31.1 Å². The third-order valence-corrected chi connectivity index (χ3v) is 2.35. The van der Waals surface area contributed by atoms with Gasteiger partial charge in [-0.1, -0.05) is 0 Å². The van der Waals surface area contributed by atoms with E-state index >= 15 is 0 Å². The average Bonchev–Trinajstić information content (AvgIpc) is 2.19. The van der Waals surface area contributed by atoms with Crippen LogP contribution in [0, 0.1) is 5.92 Å². The maximum Gasteiger partial charge on any atom is 0.0952 e. The van der Waals surface area contributed by atoms with Gasteiger partial charge in [0.15, 0.2) is 0 Å². The minimum absolute atomic E-state index is 0.0370. The topological polar surface area (TPSA) is 86.7 Å². The van der Waals surface area contributed by atoms with Crippen LogP contribution in [0.15, 0.2) is 0 Å². The fourth-order valence-corrected chi connectivity index (χ4v) is 1.61. The fraction of sp³-hybridized carbons (Fsp3) is 1.00. The molecule has 1 fully saturated rings. The summed E-state index contributed by atoms with van der Waals surface area (Å²) in [5.74, 6) is -0.0370. The van der Waals surface area contributed by atoms with E-state index in [-0.39, 0.29) is 18.6 Å². The van der Waals surface area contributed by atoms with Crippen molar-refractivity contribution in [3.8, 4) is 0 Å². The van der Waals surface area contributed by atoms with Gasteiger partial charge < -0.3 is 21.1 Å². The average molecular weight is 161 g/mol. The summed E-state index contributed by atoms with van der Waals surface area (Å²) in [6, 6.07) is -0.332. The second-order valence-electron chi connectivity index (χ2n) is 3.15. The van der Waals surface area contributed by atoms with Crippen molar-refractivity contribution in [3.05, 3.63) is 0 Å². The monoisotopic (exact) mass is 161 g/mol. The number of nitrogens with two attached hydrogens (primary N) is 1. The molecule has 0 spiro atoms. The number of rotatable bonds is 2. The minimum atomic E-state index is -0.813. The number of aliphatic hydroxyl groups is 3. The first-order valence-electron chi connectivity index (χ1n) is 3.89. The Morgan fingerprint density at radius 1 is 1.27 bits per heavy atom. The molecular formula is C7H15NO3. The van der Waals surface area contributed by atoms with Crippen LogP contribution in [0.2, 0.25) is 0 Å². The molecule has 4 atom stereocenters. The Morgan fingerprint density at radius 2 is 1.91 bits per heavy atom. The van der Waals surface area contributed by atoms with Crippen LogP contribution >= 0.6 is 0 Å². The van der Waals surface area contributed by atoms with Crippen LogP contribution in [0.1, 0.15) is 12.8 Å². The lowest BCUT2D eigenvalue weighted by Gasteiger charge is -2.14. The van der Waals surface area contributed by atoms with Crippen molar-refractivity contribution in [1.29, 1.82) is 0 Å². The van der Waals surface area contributed by atoms with Gasteiger partial charge in [-0.3, -0.25) is 0 Å². The van der Waals surface area contributed by atoms with Gasteiger partial charge in [0.05, 0.1) is 12.2 Å². The van der Waals surface area contributed by atoms with Gasteiger partial charge in [0.25, 0.3) is 0 Å². The van der Waals surface area contributed by atoms with Crippen LogP contribution in [0.25, 0.3) is 0 Å². The van der Waals surface area contributed by atoms with Crippen LogP contribution in [0.4, 0.5) is 0 Å². The van der Waals surface area contributed by atoms with Crippen LogP contribution in [-0.2, 0) is 0 Å². The van der Waals surface area contributed by atoms with Gasteiger partial charge in [0.2, 0.25) is 0 Å². The molecule has 1 saturated carbocycles. The highest BCUT2D eigenvalue weighted by molar-refractivity contribution is 4.93. The zero-order chi connectivity index (χ0) is 8.43. The first-order valence-corrected chi connectivity index (χ1v) is 3.89. The summed E-state index contributed by atoms with van der Waals surface area (Å²) in [5.41, 5.74) is 5.50. The summed E-state index contributed by atoms with van der Waals surface area (Å²) >= 11 is 0. The first-order chi connectivity index (χ1) is 5.16. The molecule has 0 aromatic carbocycles. The van der Waals surface area contributed by atoms with Crippen LogP contribution in [0.3, 0.4) is 0 Å². The van der Waals surface area contributed by atoms with Crippen LogP contribution in [-0.4, -0.2) is 40.2 Å². The van der Waals surface area contributed by atoms with Gasteiger partial charge in [-0.15, -0.1) is 0 Å². The fourth-order valence-electron chi connectivity index (χ4n) is 1.61. The van der Waals surface area contributed by atoms with E-state index in [0.717, 1.165) is 0 Å². The summed E-state index contributed by atoms with van der Waals surface area (Å²) in [7, 11) is 0. The van der Waals surface area contributed by atoms with Crippen molar-refractivity contribution in [2.24, 2.45) is 11.7 Å². The van der Waals surface area contributed by atoms with Gasteiger partial charge in [0, 0.05) is 12.6 Å². The quantitative estimate of drug-likeness (QED) is 0.394. The molecule has 0 aromatic heterocycles. The summed E-state index contributed by atoms with van der Waals surface area (Å²) in [6.45, 7) is 0.0428. The Hall–Kier alpha value is -0.160. The molecular weight excluding hydrogens is 146 g/mol. The maximum atomic E-state index is 9.32. The second-order valence-corrected chi connectivity index (χ2v) is 3.15. The number of aliphatic hydroxyl groups excluding tert-OH is 3. The highest BCUT2D eigenvalue weighted by atomic mass is 16.3. The van der Waals surface area contributed by atoms with Gasteiger partial charge in [-0.25, -0.2) is 0 Å². The molecule has 0 unspecified atom stereocenters. The third kappa shape index (κ3) is 1.70. The van der Waals surface area contributed by atoms with Crippen molar-refractivity contribution < 1.29 is 15.3 Å². The normalized spacial score (nSPS) is 44.7. The highest BCUT2D eigenvalue weighted by Crippen LogP contribution is 2.27. The Bertz CT molecular complexity index is 131. The Balaban J connectivity index is 2.45. The predicted molar refractivity (Wildman–Crippen MR) is 39.8 cm³/mol. The van der Waals surface area contributed by atoms with Gasteiger partial charge in [-0.05, 0) is 18.8 Å². The molecule has 0 aromatic rings. The van der Waals surface area contributed by atoms with E-state index < -0.39 is 12.2 Å². The molecule has 1 aliphatic carbocycles. The van der Waals surface area contributed by atoms with Crippen molar-refractivity contribution >= 4 is 0 Å². The first kappa shape index (κ1) is 8.93. The van der Waals surface area contributed by atoms with Crippen molar-refractivity contribution in [3.63, 3.8) is 0 Å². The lowest BCUT2D eigenvalue weighted by atomic mass is 10.0. The molecule has 0 amide bonds. The van der Waals surface area contributed by atoms with E-state index in [1.807, 2.05) is 0 Å². The summed E-state index contributed by atoms with van der Waals surface area (Å²) < 4.78 is 0. The zero-order valence-corrected chi connectivity index (χ0v) is 6.35.